The number of aryl methyl sites for hydroxylation is 1. The van der Waals surface area contributed by atoms with Gasteiger partial charge in [0, 0.05) is 12.6 Å². The number of ether oxygens (including phenoxy) is 1. The summed E-state index contributed by atoms with van der Waals surface area (Å²) in [6.07, 6.45) is 0. The minimum atomic E-state index is 0.403. The lowest BCUT2D eigenvalue weighted by atomic mass is 10.2. The first-order valence-corrected chi connectivity index (χ1v) is 5.56. The maximum Gasteiger partial charge on any atom is 0.174 e. The quantitative estimate of drug-likeness (QED) is 0.859. The van der Waals surface area contributed by atoms with Crippen LogP contribution in [0.15, 0.2) is 34.9 Å². The number of benzene rings is 1. The molecule has 1 aromatic carbocycles. The molecule has 4 heteroatoms. The Hall–Kier alpha value is -1.81. The first-order chi connectivity index (χ1) is 8.28. The second kappa shape index (κ2) is 5.50. The molecule has 0 saturated heterocycles. The van der Waals surface area contributed by atoms with Crippen LogP contribution in [0, 0.1) is 6.92 Å². The van der Waals surface area contributed by atoms with Gasteiger partial charge in [-0.2, -0.15) is 0 Å². The van der Waals surface area contributed by atoms with Gasteiger partial charge < -0.3 is 14.6 Å². The van der Waals surface area contributed by atoms with E-state index in [-0.39, 0.29) is 0 Å². The summed E-state index contributed by atoms with van der Waals surface area (Å²) in [4.78, 5) is 0. The summed E-state index contributed by atoms with van der Waals surface area (Å²) >= 11 is 0. The van der Waals surface area contributed by atoms with Crippen LogP contribution in [-0.4, -0.2) is 12.2 Å². The molecule has 0 aliphatic heterocycles. The molecular weight excluding hydrogens is 216 g/mol. The van der Waals surface area contributed by atoms with Crippen molar-refractivity contribution in [3.05, 3.63) is 47.3 Å². The van der Waals surface area contributed by atoms with E-state index in [9.17, 15) is 0 Å². The number of nitrogens with zero attached hydrogens (tertiary/aromatic N) is 1. The number of hydrogen-bond acceptors (Lipinski definition) is 4. The second-order valence-electron chi connectivity index (χ2n) is 3.92. The standard InChI is InChI=1S/C13H16N2O2/c1-10-3-5-12(6-4-10)16-9-13-7-11(8-14-2)15-17-13/h3-7,14H,8-9H2,1-2H3. The molecule has 90 valence electrons. The monoisotopic (exact) mass is 232 g/mol. The van der Waals surface area contributed by atoms with E-state index < -0.39 is 0 Å². The van der Waals surface area contributed by atoms with Crippen molar-refractivity contribution in [1.82, 2.24) is 10.5 Å². The van der Waals surface area contributed by atoms with Crippen molar-refractivity contribution < 1.29 is 9.26 Å². The Labute approximate surface area is 101 Å². The maximum absolute atomic E-state index is 5.58. The third kappa shape index (κ3) is 3.32. The Morgan fingerprint density at radius 3 is 2.76 bits per heavy atom. The van der Waals surface area contributed by atoms with Crippen LogP contribution in [0.1, 0.15) is 17.0 Å². The summed E-state index contributed by atoms with van der Waals surface area (Å²) in [6, 6.07) is 9.81. The fourth-order valence-electron chi connectivity index (χ4n) is 1.48. The minimum absolute atomic E-state index is 0.403. The lowest BCUT2D eigenvalue weighted by Crippen LogP contribution is -2.04. The minimum Gasteiger partial charge on any atom is -0.486 e. The van der Waals surface area contributed by atoms with E-state index in [4.69, 9.17) is 9.26 Å². The van der Waals surface area contributed by atoms with Crippen molar-refractivity contribution in [1.29, 1.82) is 0 Å². The molecular formula is C13H16N2O2. The smallest absolute Gasteiger partial charge is 0.174 e. The zero-order valence-electron chi connectivity index (χ0n) is 10.1. The van der Waals surface area contributed by atoms with E-state index in [0.717, 1.165) is 17.2 Å². The maximum atomic E-state index is 5.58. The van der Waals surface area contributed by atoms with Crippen LogP contribution >= 0.6 is 0 Å². The van der Waals surface area contributed by atoms with Gasteiger partial charge in [-0.25, -0.2) is 0 Å². The summed E-state index contributed by atoms with van der Waals surface area (Å²) in [7, 11) is 1.87. The number of aromatic nitrogens is 1. The van der Waals surface area contributed by atoms with Crippen LogP contribution in [0.3, 0.4) is 0 Å². The summed E-state index contributed by atoms with van der Waals surface area (Å²) in [6.45, 7) is 3.15. The molecule has 0 aliphatic carbocycles. The number of nitrogens with one attached hydrogen (secondary N) is 1. The molecule has 2 rings (SSSR count). The zero-order valence-corrected chi connectivity index (χ0v) is 10.1. The molecule has 0 aliphatic rings. The van der Waals surface area contributed by atoms with Gasteiger partial charge in [-0.05, 0) is 26.1 Å². The predicted molar refractivity (Wildman–Crippen MR) is 64.8 cm³/mol. The van der Waals surface area contributed by atoms with Crippen molar-refractivity contribution >= 4 is 0 Å². The second-order valence-corrected chi connectivity index (χ2v) is 3.92. The summed E-state index contributed by atoms with van der Waals surface area (Å²) in [5.74, 6) is 1.57. The molecule has 17 heavy (non-hydrogen) atoms. The highest BCUT2D eigenvalue weighted by Crippen LogP contribution is 2.14. The fourth-order valence-corrected chi connectivity index (χ4v) is 1.48. The lowest BCUT2D eigenvalue weighted by molar-refractivity contribution is 0.248. The summed E-state index contributed by atoms with van der Waals surface area (Å²) < 4.78 is 10.7. The number of rotatable bonds is 5. The third-order valence-electron chi connectivity index (χ3n) is 2.37. The first-order valence-electron chi connectivity index (χ1n) is 5.56. The molecule has 2 aromatic rings. The van der Waals surface area contributed by atoms with E-state index in [1.54, 1.807) is 0 Å². The van der Waals surface area contributed by atoms with Crippen LogP contribution in [0.25, 0.3) is 0 Å². The van der Waals surface area contributed by atoms with Crippen LogP contribution < -0.4 is 10.1 Å². The van der Waals surface area contributed by atoms with Gasteiger partial charge in [0.25, 0.3) is 0 Å². The molecule has 0 saturated carbocycles. The van der Waals surface area contributed by atoms with Gasteiger partial charge in [0.1, 0.15) is 12.4 Å². The van der Waals surface area contributed by atoms with Crippen LogP contribution in [0.2, 0.25) is 0 Å². The van der Waals surface area contributed by atoms with Crippen LogP contribution in [-0.2, 0) is 13.2 Å². The first kappa shape index (κ1) is 11.7. The Morgan fingerprint density at radius 1 is 1.29 bits per heavy atom. The van der Waals surface area contributed by atoms with E-state index in [2.05, 4.69) is 10.5 Å². The van der Waals surface area contributed by atoms with Gasteiger partial charge in [-0.15, -0.1) is 0 Å². The van der Waals surface area contributed by atoms with Crippen molar-refractivity contribution in [2.75, 3.05) is 7.05 Å². The van der Waals surface area contributed by atoms with Gasteiger partial charge in [0.05, 0.1) is 5.69 Å². The SMILES string of the molecule is CNCc1cc(COc2ccc(C)cc2)on1. The van der Waals surface area contributed by atoms with E-state index in [1.807, 2.05) is 44.3 Å². The van der Waals surface area contributed by atoms with Gasteiger partial charge >= 0.3 is 0 Å². The molecule has 0 spiro atoms. The Balaban J connectivity index is 1.90. The van der Waals surface area contributed by atoms with Crippen molar-refractivity contribution in [3.8, 4) is 5.75 Å². The highest BCUT2D eigenvalue weighted by atomic mass is 16.5. The largest absolute Gasteiger partial charge is 0.486 e. The Bertz CT molecular complexity index is 463. The van der Waals surface area contributed by atoms with Gasteiger partial charge in [0.15, 0.2) is 5.76 Å². The molecule has 0 unspecified atom stereocenters. The molecule has 4 nitrogen and oxygen atoms in total. The van der Waals surface area contributed by atoms with Crippen molar-refractivity contribution in [2.24, 2.45) is 0 Å². The molecule has 1 N–H and O–H groups in total. The van der Waals surface area contributed by atoms with E-state index >= 15 is 0 Å². The zero-order chi connectivity index (χ0) is 12.1. The average molecular weight is 232 g/mol. The molecule has 1 heterocycles. The fraction of sp³-hybridized carbons (Fsp3) is 0.308. The molecule has 0 atom stereocenters. The van der Waals surface area contributed by atoms with Crippen molar-refractivity contribution in [3.63, 3.8) is 0 Å². The van der Waals surface area contributed by atoms with Crippen LogP contribution in [0.5, 0.6) is 5.75 Å². The van der Waals surface area contributed by atoms with Crippen LogP contribution in [0.4, 0.5) is 0 Å². The molecule has 0 fully saturated rings. The predicted octanol–water partition coefficient (Wildman–Crippen LogP) is 2.28. The van der Waals surface area contributed by atoms with Gasteiger partial charge in [0.2, 0.25) is 0 Å². The van der Waals surface area contributed by atoms with E-state index in [0.29, 0.717) is 13.2 Å². The lowest BCUT2D eigenvalue weighted by Gasteiger charge is -2.03. The summed E-state index contributed by atoms with van der Waals surface area (Å²) in [5.41, 5.74) is 2.10. The van der Waals surface area contributed by atoms with Gasteiger partial charge in [-0.1, -0.05) is 22.9 Å². The third-order valence-corrected chi connectivity index (χ3v) is 2.37. The Morgan fingerprint density at radius 2 is 2.06 bits per heavy atom. The summed E-state index contributed by atoms with van der Waals surface area (Å²) in [5, 5.41) is 6.93. The van der Waals surface area contributed by atoms with Crippen molar-refractivity contribution in [2.45, 2.75) is 20.1 Å². The number of hydrogen-bond donors (Lipinski definition) is 1. The normalized spacial score (nSPS) is 10.5. The molecule has 1 aromatic heterocycles. The molecule has 0 amide bonds. The highest BCUT2D eigenvalue weighted by molar-refractivity contribution is 5.26. The topological polar surface area (TPSA) is 47.3 Å². The molecule has 0 radical (unpaired) electrons. The molecule has 0 bridgehead atoms. The van der Waals surface area contributed by atoms with Gasteiger partial charge in [-0.3, -0.25) is 0 Å². The highest BCUT2D eigenvalue weighted by Gasteiger charge is 2.04. The Kier molecular flexibility index (Phi) is 3.77. The average Bonchev–Trinajstić information content (AvgIpc) is 2.77. The van der Waals surface area contributed by atoms with E-state index in [1.165, 1.54) is 5.56 Å².